The smallest absolute Gasteiger partial charge is 0.243 e. The van der Waals surface area contributed by atoms with Crippen molar-refractivity contribution in [3.05, 3.63) is 48.0 Å². The minimum Gasteiger partial charge on any atom is -0.486 e. The Hall–Kier alpha value is -2.62. The van der Waals surface area contributed by atoms with Gasteiger partial charge in [-0.3, -0.25) is 4.79 Å². The van der Waals surface area contributed by atoms with Gasteiger partial charge in [0, 0.05) is 18.8 Å². The number of ether oxygens (including phenoxy) is 3. The highest BCUT2D eigenvalue weighted by Crippen LogP contribution is 2.31. The summed E-state index contributed by atoms with van der Waals surface area (Å²) in [4.78, 5) is 12.6. The van der Waals surface area contributed by atoms with Crippen LogP contribution in [-0.2, 0) is 26.0 Å². The van der Waals surface area contributed by atoms with Crippen molar-refractivity contribution in [1.82, 2.24) is 4.31 Å². The van der Waals surface area contributed by atoms with Crippen LogP contribution in [-0.4, -0.2) is 58.1 Å². The standard InChI is InChI=1S/C20H22N2O6S/c23-20(14-15-1-6-18-19(13-15)28-12-11-27-18)21-16-2-4-17(5-3-16)29(24,25)22-7-9-26-10-8-22/h1-6,13H,7-12,14H2,(H,21,23). The lowest BCUT2D eigenvalue weighted by molar-refractivity contribution is -0.115. The zero-order chi connectivity index (χ0) is 20.3. The number of nitrogens with one attached hydrogen (secondary N) is 1. The predicted octanol–water partition coefficient (Wildman–Crippen LogP) is 1.66. The molecule has 1 N–H and O–H groups in total. The average Bonchev–Trinajstić information content (AvgIpc) is 2.74. The van der Waals surface area contributed by atoms with E-state index in [9.17, 15) is 13.2 Å². The molecule has 0 unspecified atom stereocenters. The number of hydrogen-bond acceptors (Lipinski definition) is 6. The first-order valence-electron chi connectivity index (χ1n) is 9.39. The first-order chi connectivity index (χ1) is 14.0. The van der Waals surface area contributed by atoms with Crippen molar-refractivity contribution < 1.29 is 27.4 Å². The summed E-state index contributed by atoms with van der Waals surface area (Å²) in [5, 5.41) is 2.79. The van der Waals surface area contributed by atoms with Crippen LogP contribution in [0.25, 0.3) is 0 Å². The monoisotopic (exact) mass is 418 g/mol. The summed E-state index contributed by atoms with van der Waals surface area (Å²) in [6, 6.07) is 11.6. The third kappa shape index (κ3) is 4.52. The second-order valence-corrected chi connectivity index (χ2v) is 8.68. The van der Waals surface area contributed by atoms with Crippen molar-refractivity contribution in [3.63, 3.8) is 0 Å². The normalized spacial score (nSPS) is 17.0. The van der Waals surface area contributed by atoms with E-state index in [1.807, 2.05) is 6.07 Å². The van der Waals surface area contributed by atoms with Gasteiger partial charge in [-0.2, -0.15) is 4.31 Å². The molecule has 4 rings (SSSR count). The van der Waals surface area contributed by atoms with Gasteiger partial charge in [0.25, 0.3) is 0 Å². The third-order valence-electron chi connectivity index (χ3n) is 4.72. The van der Waals surface area contributed by atoms with Crippen LogP contribution in [0, 0.1) is 0 Å². The summed E-state index contributed by atoms with van der Waals surface area (Å²) < 4.78 is 42.9. The molecule has 2 aliphatic rings. The fourth-order valence-electron chi connectivity index (χ4n) is 3.23. The van der Waals surface area contributed by atoms with Gasteiger partial charge in [0.05, 0.1) is 24.5 Å². The molecule has 1 saturated heterocycles. The van der Waals surface area contributed by atoms with E-state index in [-0.39, 0.29) is 17.2 Å². The second kappa shape index (κ2) is 8.40. The van der Waals surface area contributed by atoms with Gasteiger partial charge in [-0.1, -0.05) is 6.07 Å². The number of amides is 1. The molecule has 8 nitrogen and oxygen atoms in total. The van der Waals surface area contributed by atoms with Crippen LogP contribution in [0.15, 0.2) is 47.4 Å². The van der Waals surface area contributed by atoms with Crippen molar-refractivity contribution in [2.24, 2.45) is 0 Å². The van der Waals surface area contributed by atoms with Gasteiger partial charge in [-0.15, -0.1) is 0 Å². The van der Waals surface area contributed by atoms with E-state index in [2.05, 4.69) is 5.32 Å². The fourth-order valence-corrected chi connectivity index (χ4v) is 4.64. The number of carbonyl (C=O) groups excluding carboxylic acids is 1. The summed E-state index contributed by atoms with van der Waals surface area (Å²) in [5.74, 6) is 1.11. The van der Waals surface area contributed by atoms with Crippen LogP contribution < -0.4 is 14.8 Å². The maximum absolute atomic E-state index is 12.6. The molecule has 154 valence electrons. The molecule has 2 aromatic rings. The highest BCUT2D eigenvalue weighted by atomic mass is 32.2. The van der Waals surface area contributed by atoms with Gasteiger partial charge in [-0.25, -0.2) is 8.42 Å². The van der Waals surface area contributed by atoms with E-state index >= 15 is 0 Å². The van der Waals surface area contributed by atoms with Crippen LogP contribution in [0.4, 0.5) is 5.69 Å². The number of carbonyl (C=O) groups is 1. The van der Waals surface area contributed by atoms with Gasteiger partial charge in [0.15, 0.2) is 11.5 Å². The molecule has 0 aliphatic carbocycles. The SMILES string of the molecule is O=C(Cc1ccc2c(c1)OCCO2)Nc1ccc(S(=O)(=O)N2CCOCC2)cc1. The van der Waals surface area contributed by atoms with E-state index in [0.29, 0.717) is 56.7 Å². The molecule has 0 spiro atoms. The minimum absolute atomic E-state index is 0.171. The Morgan fingerprint density at radius 2 is 1.62 bits per heavy atom. The molecule has 0 bridgehead atoms. The van der Waals surface area contributed by atoms with Crippen molar-refractivity contribution in [1.29, 1.82) is 0 Å². The molecular formula is C20H22N2O6S. The molecule has 1 fully saturated rings. The molecule has 0 saturated carbocycles. The molecule has 1 amide bonds. The zero-order valence-electron chi connectivity index (χ0n) is 15.8. The molecule has 29 heavy (non-hydrogen) atoms. The number of sulfonamides is 1. The molecule has 2 aromatic carbocycles. The topological polar surface area (TPSA) is 94.2 Å². The largest absolute Gasteiger partial charge is 0.486 e. The summed E-state index contributed by atoms with van der Waals surface area (Å²) >= 11 is 0. The number of nitrogens with zero attached hydrogens (tertiary/aromatic N) is 1. The summed E-state index contributed by atoms with van der Waals surface area (Å²) in [5.41, 5.74) is 1.34. The zero-order valence-corrected chi connectivity index (χ0v) is 16.6. The average molecular weight is 418 g/mol. The lowest BCUT2D eigenvalue weighted by atomic mass is 10.1. The van der Waals surface area contributed by atoms with Crippen LogP contribution in [0.5, 0.6) is 11.5 Å². The van der Waals surface area contributed by atoms with E-state index in [1.54, 1.807) is 24.3 Å². The number of benzene rings is 2. The van der Waals surface area contributed by atoms with Crippen LogP contribution in [0.2, 0.25) is 0 Å². The summed E-state index contributed by atoms with van der Waals surface area (Å²) in [6.45, 7) is 2.49. The summed E-state index contributed by atoms with van der Waals surface area (Å²) in [6.07, 6.45) is 0.171. The number of fused-ring (bicyclic) bond motifs is 1. The van der Waals surface area contributed by atoms with Crippen molar-refractivity contribution in [2.75, 3.05) is 44.8 Å². The first-order valence-corrected chi connectivity index (χ1v) is 10.8. The van der Waals surface area contributed by atoms with Gasteiger partial charge >= 0.3 is 0 Å². The van der Waals surface area contributed by atoms with Crippen LogP contribution >= 0.6 is 0 Å². The van der Waals surface area contributed by atoms with E-state index < -0.39 is 10.0 Å². The highest BCUT2D eigenvalue weighted by Gasteiger charge is 2.26. The lowest BCUT2D eigenvalue weighted by Gasteiger charge is -2.26. The van der Waals surface area contributed by atoms with Gasteiger partial charge in [0.2, 0.25) is 15.9 Å². The lowest BCUT2D eigenvalue weighted by Crippen LogP contribution is -2.40. The fraction of sp³-hybridized carbons (Fsp3) is 0.350. The molecule has 0 aromatic heterocycles. The number of hydrogen-bond donors (Lipinski definition) is 1. The summed E-state index contributed by atoms with van der Waals surface area (Å²) in [7, 11) is -3.55. The van der Waals surface area contributed by atoms with E-state index in [1.165, 1.54) is 16.4 Å². The molecule has 2 heterocycles. The Kier molecular flexibility index (Phi) is 5.70. The van der Waals surface area contributed by atoms with Gasteiger partial charge in [0.1, 0.15) is 13.2 Å². The maximum Gasteiger partial charge on any atom is 0.243 e. The minimum atomic E-state index is -3.55. The van der Waals surface area contributed by atoms with Gasteiger partial charge < -0.3 is 19.5 Å². The Morgan fingerprint density at radius 3 is 2.34 bits per heavy atom. The highest BCUT2D eigenvalue weighted by molar-refractivity contribution is 7.89. The van der Waals surface area contributed by atoms with Crippen molar-refractivity contribution in [2.45, 2.75) is 11.3 Å². The quantitative estimate of drug-likeness (QED) is 0.794. The van der Waals surface area contributed by atoms with E-state index in [0.717, 1.165) is 5.56 Å². The molecular weight excluding hydrogens is 396 g/mol. The van der Waals surface area contributed by atoms with Crippen LogP contribution in [0.1, 0.15) is 5.56 Å². The van der Waals surface area contributed by atoms with Crippen molar-refractivity contribution >= 4 is 21.6 Å². The Morgan fingerprint density at radius 1 is 0.931 bits per heavy atom. The third-order valence-corrected chi connectivity index (χ3v) is 6.63. The number of anilines is 1. The Balaban J connectivity index is 1.39. The number of morpholine rings is 1. The predicted molar refractivity (Wildman–Crippen MR) is 106 cm³/mol. The maximum atomic E-state index is 12.6. The first kappa shape index (κ1) is 19.7. The number of rotatable bonds is 5. The van der Waals surface area contributed by atoms with Gasteiger partial charge in [-0.05, 0) is 42.0 Å². The van der Waals surface area contributed by atoms with Crippen molar-refractivity contribution in [3.8, 4) is 11.5 Å². The molecule has 0 atom stereocenters. The molecule has 2 aliphatic heterocycles. The van der Waals surface area contributed by atoms with E-state index in [4.69, 9.17) is 14.2 Å². The van der Waals surface area contributed by atoms with Crippen LogP contribution in [0.3, 0.4) is 0 Å². The molecule has 9 heteroatoms. The Labute approximate surface area is 169 Å². The molecule has 0 radical (unpaired) electrons. The second-order valence-electron chi connectivity index (χ2n) is 6.74. The Bertz CT molecular complexity index is 985.